The molecule has 0 aromatic rings. The van der Waals surface area contributed by atoms with Gasteiger partial charge >= 0.3 is 0 Å². The van der Waals surface area contributed by atoms with Gasteiger partial charge in [-0.15, -0.1) is 0 Å². The normalized spacial score (nSPS) is 13.1. The van der Waals surface area contributed by atoms with E-state index in [0.717, 1.165) is 23.7 Å². The molecule has 0 spiro atoms. The predicted octanol–water partition coefficient (Wildman–Crippen LogP) is 4.46. The average Bonchev–Trinajstić information content (AvgIpc) is 2.34. The second-order valence-corrected chi connectivity index (χ2v) is 8.64. The molecule has 0 fully saturated rings. The Balaban J connectivity index is 4.91. The van der Waals surface area contributed by atoms with E-state index in [2.05, 4.69) is 27.4 Å². The van der Waals surface area contributed by atoms with Gasteiger partial charge in [0, 0.05) is 5.57 Å². The Morgan fingerprint density at radius 2 is 1.62 bits per heavy atom. The molecule has 0 aliphatic rings. The fourth-order valence-electron chi connectivity index (χ4n) is 1.60. The Bertz CT molecular complexity index is 234. The number of hydrogen-bond acceptors (Lipinski definition) is 2. The Morgan fingerprint density at radius 1 is 1.12 bits per heavy atom. The quantitative estimate of drug-likeness (QED) is 0.355. The van der Waals surface area contributed by atoms with Gasteiger partial charge in [-0.25, -0.2) is 0 Å². The van der Waals surface area contributed by atoms with Crippen LogP contribution in [0.25, 0.3) is 0 Å². The molecule has 0 amide bonds. The molecule has 0 rings (SSSR count). The molecule has 0 aliphatic heterocycles. The fraction of sp³-hybridized carbons (Fsp3) is 0.692. The van der Waals surface area contributed by atoms with Crippen LogP contribution in [0.1, 0.15) is 34.6 Å². The summed E-state index contributed by atoms with van der Waals surface area (Å²) in [7, 11) is -1.63. The molecule has 0 heterocycles. The van der Waals surface area contributed by atoms with Crippen molar-refractivity contribution in [3.8, 4) is 0 Å². The number of rotatable bonds is 8. The van der Waals surface area contributed by atoms with Crippen molar-refractivity contribution in [1.82, 2.24) is 0 Å². The van der Waals surface area contributed by atoms with Crippen molar-refractivity contribution in [2.45, 2.75) is 52.8 Å². The zero-order valence-electron chi connectivity index (χ0n) is 11.4. The third-order valence-corrected chi connectivity index (χ3v) is 7.63. The Hall–Kier alpha value is -0.703. The summed E-state index contributed by atoms with van der Waals surface area (Å²) in [5.41, 5.74) is 0.995. The van der Waals surface area contributed by atoms with Crippen LogP contribution in [0.5, 0.6) is 0 Å². The van der Waals surface area contributed by atoms with E-state index in [9.17, 15) is 0 Å². The molecule has 0 aromatic heterocycles. The van der Waals surface area contributed by atoms with Crippen LogP contribution < -0.4 is 0 Å². The van der Waals surface area contributed by atoms with Gasteiger partial charge < -0.3 is 9.16 Å². The van der Waals surface area contributed by atoms with Crippen LogP contribution in [0, 0.1) is 0 Å². The minimum absolute atomic E-state index is 0.641. The van der Waals surface area contributed by atoms with E-state index in [1.165, 1.54) is 0 Å². The molecule has 0 aromatic carbocycles. The van der Waals surface area contributed by atoms with E-state index >= 15 is 0 Å². The number of ether oxygens (including phenoxy) is 1. The van der Waals surface area contributed by atoms with Crippen LogP contribution in [0.2, 0.25) is 18.1 Å². The van der Waals surface area contributed by atoms with E-state index in [0.29, 0.717) is 12.6 Å². The predicted molar refractivity (Wildman–Crippen MR) is 72.8 cm³/mol. The van der Waals surface area contributed by atoms with Gasteiger partial charge in [0.25, 0.3) is 14.3 Å². The largest absolute Gasteiger partial charge is 0.519 e. The van der Waals surface area contributed by atoms with Crippen molar-refractivity contribution in [2.24, 2.45) is 0 Å². The van der Waals surface area contributed by atoms with Gasteiger partial charge in [0.2, 0.25) is 0 Å². The zero-order chi connectivity index (χ0) is 12.6. The van der Waals surface area contributed by atoms with Crippen molar-refractivity contribution in [1.29, 1.82) is 0 Å². The molecule has 0 N–H and O–H groups in total. The lowest BCUT2D eigenvalue weighted by atomic mass is 10.3. The highest BCUT2D eigenvalue weighted by molar-refractivity contribution is 6.73. The van der Waals surface area contributed by atoms with Crippen LogP contribution in [-0.4, -0.2) is 14.9 Å². The highest BCUT2D eigenvalue weighted by Crippen LogP contribution is 2.26. The SMILES string of the molecule is C=C/C(C)=C(/OCC)O[Si](CC)(CC)CC. The summed E-state index contributed by atoms with van der Waals surface area (Å²) in [6, 6.07) is 3.38. The van der Waals surface area contributed by atoms with Crippen LogP contribution in [-0.2, 0) is 9.16 Å². The Labute approximate surface area is 101 Å². The minimum atomic E-state index is -1.63. The topological polar surface area (TPSA) is 18.5 Å². The van der Waals surface area contributed by atoms with Gasteiger partial charge in [0.15, 0.2) is 0 Å². The first-order valence-electron chi connectivity index (χ1n) is 6.24. The van der Waals surface area contributed by atoms with Crippen LogP contribution in [0.3, 0.4) is 0 Å². The highest BCUT2D eigenvalue weighted by Gasteiger charge is 2.32. The maximum atomic E-state index is 6.20. The molecule has 2 nitrogen and oxygen atoms in total. The second kappa shape index (κ2) is 7.55. The molecule has 0 unspecified atom stereocenters. The summed E-state index contributed by atoms with van der Waals surface area (Å²) < 4.78 is 11.8. The molecule has 0 bridgehead atoms. The summed E-state index contributed by atoms with van der Waals surface area (Å²) in [6.07, 6.45) is 1.80. The van der Waals surface area contributed by atoms with Crippen molar-refractivity contribution < 1.29 is 9.16 Å². The van der Waals surface area contributed by atoms with Crippen LogP contribution >= 0.6 is 0 Å². The second-order valence-electron chi connectivity index (χ2n) is 3.95. The molecule has 16 heavy (non-hydrogen) atoms. The summed E-state index contributed by atoms with van der Waals surface area (Å²) in [6.45, 7) is 15.0. The van der Waals surface area contributed by atoms with E-state index in [1.54, 1.807) is 6.08 Å². The van der Waals surface area contributed by atoms with Crippen molar-refractivity contribution >= 4 is 8.32 Å². The van der Waals surface area contributed by atoms with Gasteiger partial charge in [0.1, 0.15) is 0 Å². The Morgan fingerprint density at radius 3 is 1.94 bits per heavy atom. The summed E-state index contributed by atoms with van der Waals surface area (Å²) in [5, 5.41) is 0. The Kier molecular flexibility index (Phi) is 7.22. The molecule has 0 saturated heterocycles. The van der Waals surface area contributed by atoms with E-state index in [1.807, 2.05) is 13.8 Å². The monoisotopic (exact) mass is 242 g/mol. The third-order valence-electron chi connectivity index (χ3n) is 3.15. The molecular formula is C13H26O2Si. The van der Waals surface area contributed by atoms with Crippen LogP contribution in [0.4, 0.5) is 0 Å². The van der Waals surface area contributed by atoms with Crippen molar-refractivity contribution in [2.75, 3.05) is 6.61 Å². The van der Waals surface area contributed by atoms with Crippen molar-refractivity contribution in [3.05, 3.63) is 24.2 Å². The highest BCUT2D eigenvalue weighted by atomic mass is 28.4. The maximum Gasteiger partial charge on any atom is 0.268 e. The molecule has 0 aliphatic carbocycles. The van der Waals surface area contributed by atoms with Crippen LogP contribution in [0.15, 0.2) is 24.2 Å². The lowest BCUT2D eigenvalue weighted by molar-refractivity contribution is 0.106. The molecule has 94 valence electrons. The first-order chi connectivity index (χ1) is 7.59. The molecule has 0 radical (unpaired) electrons. The number of allylic oxidation sites excluding steroid dienone is 2. The smallest absolute Gasteiger partial charge is 0.268 e. The molecule has 3 heteroatoms. The summed E-state index contributed by atoms with van der Waals surface area (Å²) >= 11 is 0. The van der Waals surface area contributed by atoms with Gasteiger partial charge in [-0.3, -0.25) is 0 Å². The van der Waals surface area contributed by atoms with Gasteiger partial charge in [-0.2, -0.15) is 0 Å². The van der Waals surface area contributed by atoms with E-state index < -0.39 is 8.32 Å². The van der Waals surface area contributed by atoms with Gasteiger partial charge in [-0.05, 0) is 32.0 Å². The number of hydrogen-bond donors (Lipinski definition) is 0. The van der Waals surface area contributed by atoms with E-state index in [-0.39, 0.29) is 0 Å². The lowest BCUT2D eigenvalue weighted by Crippen LogP contribution is -2.36. The van der Waals surface area contributed by atoms with Gasteiger partial charge in [0.05, 0.1) is 6.61 Å². The zero-order valence-corrected chi connectivity index (χ0v) is 12.4. The lowest BCUT2D eigenvalue weighted by Gasteiger charge is -2.30. The van der Waals surface area contributed by atoms with E-state index in [4.69, 9.17) is 9.16 Å². The standard InChI is InChI=1S/C13H26O2Si/c1-7-12(6)13(14-8-2)15-16(9-3,10-4)11-5/h7H,1,8-11H2,2-6H3/b13-12-. The summed E-state index contributed by atoms with van der Waals surface area (Å²) in [4.78, 5) is 0. The third kappa shape index (κ3) is 4.04. The van der Waals surface area contributed by atoms with Gasteiger partial charge in [-0.1, -0.05) is 33.4 Å². The molecule has 0 atom stereocenters. The first kappa shape index (κ1) is 15.3. The molecular weight excluding hydrogens is 216 g/mol. The average molecular weight is 242 g/mol. The first-order valence-corrected chi connectivity index (χ1v) is 8.77. The minimum Gasteiger partial charge on any atom is -0.519 e. The maximum absolute atomic E-state index is 6.20. The summed E-state index contributed by atoms with van der Waals surface area (Å²) in [5.74, 6) is 0.690. The molecule has 0 saturated carbocycles. The van der Waals surface area contributed by atoms with Crippen molar-refractivity contribution in [3.63, 3.8) is 0 Å². The fourth-order valence-corrected chi connectivity index (χ4v) is 4.15.